The zero-order valence-corrected chi connectivity index (χ0v) is 9.56. The molecule has 2 aromatic rings. The topological polar surface area (TPSA) is 50.1 Å². The predicted molar refractivity (Wildman–Crippen MR) is 63.0 cm³/mol. The highest BCUT2D eigenvalue weighted by Crippen LogP contribution is 2.26. The highest BCUT2D eigenvalue weighted by atomic mass is 19.1. The Morgan fingerprint density at radius 2 is 1.79 bits per heavy atom. The van der Waals surface area contributed by atoms with Crippen LogP contribution in [-0.4, -0.2) is 6.29 Å². The summed E-state index contributed by atoms with van der Waals surface area (Å²) in [4.78, 5) is 10.6. The predicted octanol–water partition coefficient (Wildman–Crippen LogP) is 3.44. The van der Waals surface area contributed by atoms with Crippen molar-refractivity contribution in [3.05, 3.63) is 59.2 Å². The number of carbonyl (C=O) groups excluding carboxylic acids is 1. The Morgan fingerprint density at radius 3 is 2.37 bits per heavy atom. The molecule has 0 amide bonds. The summed E-state index contributed by atoms with van der Waals surface area (Å²) in [5.41, 5.74) is 0.420. The van der Waals surface area contributed by atoms with Crippen LogP contribution in [0.3, 0.4) is 0 Å². The molecule has 0 bridgehead atoms. The van der Waals surface area contributed by atoms with Crippen molar-refractivity contribution in [2.45, 2.75) is 0 Å². The molecular weight excluding hydrogens is 252 g/mol. The van der Waals surface area contributed by atoms with Crippen molar-refractivity contribution in [2.24, 2.45) is 0 Å². The largest absolute Gasteiger partial charge is 0.456 e. The summed E-state index contributed by atoms with van der Waals surface area (Å²) in [7, 11) is 0. The summed E-state index contributed by atoms with van der Waals surface area (Å²) >= 11 is 0. The van der Waals surface area contributed by atoms with Gasteiger partial charge in [-0.3, -0.25) is 4.79 Å². The highest BCUT2D eigenvalue weighted by Gasteiger charge is 2.08. The number of benzene rings is 2. The zero-order valence-electron chi connectivity index (χ0n) is 9.56. The molecule has 0 N–H and O–H groups in total. The monoisotopic (exact) mass is 259 g/mol. The van der Waals surface area contributed by atoms with E-state index in [1.807, 2.05) is 6.07 Å². The Bertz CT molecular complexity index is 657. The van der Waals surface area contributed by atoms with E-state index in [0.29, 0.717) is 17.9 Å². The quantitative estimate of drug-likeness (QED) is 0.793. The standard InChI is InChI=1S/C14H7F2NO2/c15-11-4-12(16)6-13(5-11)19-14-2-1-9(8-18)3-10(14)7-17/h1-6,8H. The van der Waals surface area contributed by atoms with Gasteiger partial charge >= 0.3 is 0 Å². The fourth-order valence-corrected chi connectivity index (χ4v) is 1.51. The van der Waals surface area contributed by atoms with Gasteiger partial charge in [-0.15, -0.1) is 0 Å². The lowest BCUT2D eigenvalue weighted by Crippen LogP contribution is -1.92. The molecule has 0 aliphatic heterocycles. The fraction of sp³-hybridized carbons (Fsp3) is 0. The number of nitrogens with zero attached hydrogens (tertiary/aromatic N) is 1. The van der Waals surface area contributed by atoms with E-state index < -0.39 is 11.6 Å². The lowest BCUT2D eigenvalue weighted by Gasteiger charge is -2.08. The minimum absolute atomic E-state index is 0.0622. The number of aldehydes is 1. The maximum absolute atomic E-state index is 13.0. The third-order valence-electron chi connectivity index (χ3n) is 2.32. The molecule has 0 unspecified atom stereocenters. The molecule has 5 heteroatoms. The minimum Gasteiger partial charge on any atom is -0.456 e. The molecule has 3 nitrogen and oxygen atoms in total. The maximum Gasteiger partial charge on any atom is 0.150 e. The third kappa shape index (κ3) is 2.93. The van der Waals surface area contributed by atoms with Crippen LogP contribution in [0.15, 0.2) is 36.4 Å². The lowest BCUT2D eigenvalue weighted by molar-refractivity contribution is 0.112. The first-order valence-corrected chi connectivity index (χ1v) is 5.25. The molecule has 94 valence electrons. The molecule has 0 saturated heterocycles. The molecule has 0 spiro atoms. The Labute approximate surface area is 107 Å². The summed E-state index contributed by atoms with van der Waals surface area (Å²) in [6, 6.07) is 8.73. The van der Waals surface area contributed by atoms with E-state index in [1.54, 1.807) is 0 Å². The molecule has 0 aliphatic carbocycles. The van der Waals surface area contributed by atoms with E-state index in [9.17, 15) is 13.6 Å². The average molecular weight is 259 g/mol. The smallest absolute Gasteiger partial charge is 0.150 e. The summed E-state index contributed by atoms with van der Waals surface area (Å²) in [6.07, 6.45) is 0.590. The number of carbonyl (C=O) groups is 1. The van der Waals surface area contributed by atoms with Crippen molar-refractivity contribution in [1.29, 1.82) is 5.26 Å². The van der Waals surface area contributed by atoms with Crippen LogP contribution in [0.5, 0.6) is 11.5 Å². The first-order valence-electron chi connectivity index (χ1n) is 5.25. The highest BCUT2D eigenvalue weighted by molar-refractivity contribution is 5.76. The van der Waals surface area contributed by atoms with Crippen LogP contribution in [0, 0.1) is 23.0 Å². The molecule has 0 heterocycles. The van der Waals surface area contributed by atoms with E-state index >= 15 is 0 Å². The van der Waals surface area contributed by atoms with Gasteiger partial charge in [0.25, 0.3) is 0 Å². The average Bonchev–Trinajstić information content (AvgIpc) is 2.38. The van der Waals surface area contributed by atoms with Crippen LogP contribution >= 0.6 is 0 Å². The summed E-state index contributed by atoms with van der Waals surface area (Å²) in [5, 5.41) is 8.93. The van der Waals surface area contributed by atoms with Crippen molar-refractivity contribution in [1.82, 2.24) is 0 Å². The van der Waals surface area contributed by atoms with Gasteiger partial charge in [-0.2, -0.15) is 5.26 Å². The van der Waals surface area contributed by atoms with Gasteiger partial charge in [-0.05, 0) is 18.2 Å². The number of hydrogen-bond donors (Lipinski definition) is 0. The third-order valence-corrected chi connectivity index (χ3v) is 2.32. The molecule has 0 aromatic heterocycles. The van der Waals surface area contributed by atoms with Crippen molar-refractivity contribution in [3.63, 3.8) is 0 Å². The number of rotatable bonds is 3. The molecule has 19 heavy (non-hydrogen) atoms. The van der Waals surface area contributed by atoms with E-state index in [-0.39, 0.29) is 17.1 Å². The summed E-state index contributed by atoms with van der Waals surface area (Å²) in [5.74, 6) is -1.50. The van der Waals surface area contributed by atoms with Gasteiger partial charge in [-0.1, -0.05) is 0 Å². The van der Waals surface area contributed by atoms with Crippen LogP contribution < -0.4 is 4.74 Å². The molecule has 0 radical (unpaired) electrons. The Hall–Kier alpha value is -2.74. The second-order valence-corrected chi connectivity index (χ2v) is 3.69. The van der Waals surface area contributed by atoms with Crippen molar-refractivity contribution in [2.75, 3.05) is 0 Å². The Morgan fingerprint density at radius 1 is 1.11 bits per heavy atom. The SMILES string of the molecule is N#Cc1cc(C=O)ccc1Oc1cc(F)cc(F)c1. The van der Waals surface area contributed by atoms with Crippen molar-refractivity contribution >= 4 is 6.29 Å². The van der Waals surface area contributed by atoms with Crippen LogP contribution in [0.25, 0.3) is 0 Å². The van der Waals surface area contributed by atoms with Gasteiger partial charge in [-0.25, -0.2) is 8.78 Å². The fourth-order valence-electron chi connectivity index (χ4n) is 1.51. The maximum atomic E-state index is 13.0. The van der Waals surface area contributed by atoms with Gasteiger partial charge < -0.3 is 4.74 Å². The second kappa shape index (κ2) is 5.27. The van der Waals surface area contributed by atoms with Gasteiger partial charge in [0, 0.05) is 23.8 Å². The number of hydrogen-bond acceptors (Lipinski definition) is 3. The molecule has 2 rings (SSSR count). The number of ether oxygens (including phenoxy) is 1. The van der Waals surface area contributed by atoms with Crippen LogP contribution in [-0.2, 0) is 0 Å². The van der Waals surface area contributed by atoms with E-state index in [4.69, 9.17) is 10.00 Å². The van der Waals surface area contributed by atoms with Gasteiger partial charge in [0.05, 0.1) is 5.56 Å². The molecule has 2 aromatic carbocycles. The second-order valence-electron chi connectivity index (χ2n) is 3.69. The summed E-state index contributed by atoms with van der Waals surface area (Å²) in [6.45, 7) is 0. The zero-order chi connectivity index (χ0) is 13.8. The van der Waals surface area contributed by atoms with E-state index in [2.05, 4.69) is 0 Å². The van der Waals surface area contributed by atoms with Crippen LogP contribution in [0.2, 0.25) is 0 Å². The number of halogens is 2. The lowest BCUT2D eigenvalue weighted by atomic mass is 10.1. The molecule has 0 aliphatic rings. The van der Waals surface area contributed by atoms with Gasteiger partial charge in [0.15, 0.2) is 0 Å². The van der Waals surface area contributed by atoms with Crippen molar-refractivity contribution < 1.29 is 18.3 Å². The molecular formula is C14H7F2NO2. The first kappa shape index (κ1) is 12.7. The summed E-state index contributed by atoms with van der Waals surface area (Å²) < 4.78 is 31.2. The molecule has 0 fully saturated rings. The van der Waals surface area contributed by atoms with Crippen molar-refractivity contribution in [3.8, 4) is 17.6 Å². The Balaban J connectivity index is 2.38. The van der Waals surface area contributed by atoms with Gasteiger partial charge in [0.1, 0.15) is 35.5 Å². The molecule has 0 saturated carbocycles. The van der Waals surface area contributed by atoms with Gasteiger partial charge in [0.2, 0.25) is 0 Å². The van der Waals surface area contributed by atoms with E-state index in [1.165, 1.54) is 18.2 Å². The Kier molecular flexibility index (Phi) is 3.53. The molecule has 0 atom stereocenters. The minimum atomic E-state index is -0.780. The number of nitriles is 1. The first-order chi connectivity index (χ1) is 9.12. The van der Waals surface area contributed by atoms with E-state index in [0.717, 1.165) is 12.1 Å². The normalized spacial score (nSPS) is 9.74. The van der Waals surface area contributed by atoms with Crippen LogP contribution in [0.4, 0.5) is 8.78 Å². The van der Waals surface area contributed by atoms with Crippen LogP contribution in [0.1, 0.15) is 15.9 Å².